The van der Waals surface area contributed by atoms with Crippen molar-refractivity contribution in [1.29, 1.82) is 0 Å². The molecule has 1 aromatic heterocycles. The van der Waals surface area contributed by atoms with Crippen LogP contribution in [0.15, 0.2) is 18.7 Å². The molecule has 21 heavy (non-hydrogen) atoms. The summed E-state index contributed by atoms with van der Waals surface area (Å²) in [6.45, 7) is 10.3. The molecule has 1 heterocycles. The van der Waals surface area contributed by atoms with E-state index in [2.05, 4.69) is 55.6 Å². The van der Waals surface area contributed by atoms with Gasteiger partial charge in [-0.2, -0.15) is 0 Å². The van der Waals surface area contributed by atoms with Gasteiger partial charge < -0.3 is 0 Å². The first-order chi connectivity index (χ1) is 10.1. The molecule has 0 amide bonds. The molecular formula is C19H37N2+. The van der Waals surface area contributed by atoms with Crippen molar-refractivity contribution in [3.8, 4) is 0 Å². The Labute approximate surface area is 132 Å². The van der Waals surface area contributed by atoms with Gasteiger partial charge in [0.25, 0.3) is 0 Å². The van der Waals surface area contributed by atoms with Crippen molar-refractivity contribution in [3.63, 3.8) is 0 Å². The second-order valence-electron chi connectivity index (χ2n) is 7.20. The van der Waals surface area contributed by atoms with E-state index in [9.17, 15) is 0 Å². The Balaban J connectivity index is 1.90. The maximum atomic E-state index is 2.33. The number of aromatic nitrogens is 2. The monoisotopic (exact) mass is 293 g/mol. The molecular weight excluding hydrogens is 256 g/mol. The van der Waals surface area contributed by atoms with E-state index in [1.165, 1.54) is 64.3 Å². The zero-order chi connectivity index (χ0) is 15.5. The summed E-state index contributed by atoms with van der Waals surface area (Å²) in [6, 6.07) is 0.571. The number of hydrogen-bond acceptors (Lipinski definition) is 0. The van der Waals surface area contributed by atoms with E-state index in [0.717, 1.165) is 5.92 Å². The molecule has 0 fully saturated rings. The first-order valence-electron chi connectivity index (χ1n) is 9.16. The van der Waals surface area contributed by atoms with E-state index in [0.29, 0.717) is 6.04 Å². The van der Waals surface area contributed by atoms with Gasteiger partial charge >= 0.3 is 0 Å². The van der Waals surface area contributed by atoms with Gasteiger partial charge in [0.15, 0.2) is 0 Å². The maximum Gasteiger partial charge on any atom is 0.243 e. The highest BCUT2D eigenvalue weighted by Crippen LogP contribution is 2.12. The minimum atomic E-state index is 0.571. The zero-order valence-corrected chi connectivity index (χ0v) is 14.9. The van der Waals surface area contributed by atoms with E-state index in [1.54, 1.807) is 0 Å². The Bertz CT molecular complexity index is 352. The van der Waals surface area contributed by atoms with Crippen molar-refractivity contribution >= 4 is 0 Å². The van der Waals surface area contributed by atoms with Crippen LogP contribution in [0.2, 0.25) is 0 Å². The first-order valence-corrected chi connectivity index (χ1v) is 9.16. The number of nitrogens with zero attached hydrogens (tertiary/aromatic N) is 2. The average Bonchev–Trinajstić information content (AvgIpc) is 2.89. The minimum absolute atomic E-state index is 0.571. The zero-order valence-electron chi connectivity index (χ0n) is 14.9. The fraction of sp³-hybridized carbons (Fsp3) is 0.842. The highest BCUT2D eigenvalue weighted by Gasteiger charge is 2.05. The molecule has 0 atom stereocenters. The second-order valence-corrected chi connectivity index (χ2v) is 7.20. The van der Waals surface area contributed by atoms with Crippen LogP contribution in [-0.2, 0) is 6.54 Å². The Morgan fingerprint density at radius 1 is 0.810 bits per heavy atom. The molecule has 0 aromatic carbocycles. The average molecular weight is 294 g/mol. The number of rotatable bonds is 12. The van der Waals surface area contributed by atoms with Gasteiger partial charge in [0.2, 0.25) is 6.33 Å². The van der Waals surface area contributed by atoms with Crippen molar-refractivity contribution in [3.05, 3.63) is 18.7 Å². The molecule has 0 spiro atoms. The maximum absolute atomic E-state index is 2.33. The van der Waals surface area contributed by atoms with Gasteiger partial charge in [0, 0.05) is 0 Å². The molecule has 0 radical (unpaired) electrons. The van der Waals surface area contributed by atoms with E-state index in [4.69, 9.17) is 0 Å². The summed E-state index contributed by atoms with van der Waals surface area (Å²) < 4.78 is 4.60. The van der Waals surface area contributed by atoms with Crippen LogP contribution in [0.25, 0.3) is 0 Å². The number of hydrogen-bond donors (Lipinski definition) is 0. The van der Waals surface area contributed by atoms with Gasteiger partial charge in [-0.1, -0.05) is 58.8 Å². The summed E-state index contributed by atoms with van der Waals surface area (Å²) in [4.78, 5) is 0. The van der Waals surface area contributed by atoms with E-state index in [-0.39, 0.29) is 0 Å². The molecule has 0 N–H and O–H groups in total. The summed E-state index contributed by atoms with van der Waals surface area (Å²) in [5, 5.41) is 0. The van der Waals surface area contributed by atoms with Gasteiger partial charge in [-0.05, 0) is 32.6 Å². The fourth-order valence-corrected chi connectivity index (χ4v) is 2.76. The van der Waals surface area contributed by atoms with Crippen LogP contribution >= 0.6 is 0 Å². The molecule has 0 unspecified atom stereocenters. The Morgan fingerprint density at radius 2 is 1.38 bits per heavy atom. The quantitative estimate of drug-likeness (QED) is 0.354. The van der Waals surface area contributed by atoms with Crippen LogP contribution in [0.5, 0.6) is 0 Å². The van der Waals surface area contributed by atoms with Gasteiger partial charge in [-0.25, -0.2) is 9.13 Å². The molecule has 0 aliphatic rings. The van der Waals surface area contributed by atoms with E-state index >= 15 is 0 Å². The molecule has 0 saturated carbocycles. The summed E-state index contributed by atoms with van der Waals surface area (Å²) >= 11 is 0. The Morgan fingerprint density at radius 3 is 1.90 bits per heavy atom. The van der Waals surface area contributed by atoms with Crippen LogP contribution < -0.4 is 4.57 Å². The molecule has 0 bridgehead atoms. The SMILES string of the molecule is CC(C)CCCCCCCCCC[n+]1ccn(C(C)C)c1. The van der Waals surface area contributed by atoms with Gasteiger partial charge in [-0.15, -0.1) is 0 Å². The summed E-state index contributed by atoms with van der Waals surface area (Å²) in [5.41, 5.74) is 0. The summed E-state index contributed by atoms with van der Waals surface area (Å²) in [5.74, 6) is 0.882. The standard InChI is InChI=1S/C19H37N2/c1-18(2)13-11-9-7-5-6-8-10-12-14-20-15-16-21(17-20)19(3)4/h15-19H,5-14H2,1-4H3/q+1. The van der Waals surface area contributed by atoms with Gasteiger partial charge in [0.05, 0.1) is 12.6 Å². The van der Waals surface area contributed by atoms with Crippen molar-refractivity contribution in [2.45, 2.75) is 98.1 Å². The number of imidazole rings is 1. The van der Waals surface area contributed by atoms with Crippen molar-refractivity contribution in [2.75, 3.05) is 0 Å². The van der Waals surface area contributed by atoms with Gasteiger partial charge in [0.1, 0.15) is 12.4 Å². The topological polar surface area (TPSA) is 8.81 Å². The number of aryl methyl sites for hydroxylation is 1. The molecule has 2 heteroatoms. The van der Waals surface area contributed by atoms with E-state index in [1.807, 2.05) is 0 Å². The lowest BCUT2D eigenvalue weighted by Crippen LogP contribution is -2.31. The fourth-order valence-electron chi connectivity index (χ4n) is 2.76. The highest BCUT2D eigenvalue weighted by atomic mass is 15.1. The minimum Gasteiger partial charge on any atom is -0.237 e. The summed E-state index contributed by atoms with van der Waals surface area (Å²) in [7, 11) is 0. The molecule has 0 saturated heterocycles. The largest absolute Gasteiger partial charge is 0.243 e. The molecule has 0 aliphatic heterocycles. The predicted molar refractivity (Wildman–Crippen MR) is 91.4 cm³/mol. The molecule has 2 nitrogen and oxygen atoms in total. The number of unbranched alkanes of at least 4 members (excludes halogenated alkanes) is 7. The lowest BCUT2D eigenvalue weighted by molar-refractivity contribution is -0.697. The molecule has 1 aromatic rings. The highest BCUT2D eigenvalue weighted by molar-refractivity contribution is 4.69. The van der Waals surface area contributed by atoms with Crippen LogP contribution in [0.3, 0.4) is 0 Å². The summed E-state index contributed by atoms with van der Waals surface area (Å²) in [6.07, 6.45) is 19.3. The lowest BCUT2D eigenvalue weighted by Gasteiger charge is -2.04. The van der Waals surface area contributed by atoms with Gasteiger partial charge in [-0.3, -0.25) is 0 Å². The molecule has 122 valence electrons. The lowest BCUT2D eigenvalue weighted by atomic mass is 10.0. The van der Waals surface area contributed by atoms with Crippen LogP contribution in [-0.4, -0.2) is 4.57 Å². The van der Waals surface area contributed by atoms with Crippen LogP contribution in [0.1, 0.15) is 91.5 Å². The third-order valence-corrected chi connectivity index (χ3v) is 4.26. The Hall–Kier alpha value is -0.790. The second kappa shape index (κ2) is 10.9. The van der Waals surface area contributed by atoms with E-state index < -0.39 is 0 Å². The third kappa shape index (κ3) is 8.95. The third-order valence-electron chi connectivity index (χ3n) is 4.26. The van der Waals surface area contributed by atoms with Crippen LogP contribution in [0.4, 0.5) is 0 Å². The first kappa shape index (κ1) is 18.3. The van der Waals surface area contributed by atoms with Crippen LogP contribution in [0, 0.1) is 5.92 Å². The predicted octanol–water partition coefficient (Wildman–Crippen LogP) is 5.52. The van der Waals surface area contributed by atoms with Crippen molar-refractivity contribution in [2.24, 2.45) is 5.92 Å². The molecule has 0 aliphatic carbocycles. The normalized spacial score (nSPS) is 11.7. The Kier molecular flexibility index (Phi) is 9.45. The smallest absolute Gasteiger partial charge is 0.237 e. The van der Waals surface area contributed by atoms with Crippen molar-refractivity contribution in [1.82, 2.24) is 4.57 Å². The van der Waals surface area contributed by atoms with Crippen molar-refractivity contribution < 1.29 is 4.57 Å². The molecule has 1 rings (SSSR count).